The standard InChI is InChI=1S/C24H25N5O2/c1-4-12-31-17-9-6-15(7-10-17)23-21-20(5-2)28(3)27-22(21)24(30)29(23)16-8-11-18-19(13-16)26-14-25-18/h6-11,13-14,23H,4-5,12H2,1-3H3,(H,25,26). The number of imidazole rings is 1. The van der Waals surface area contributed by atoms with E-state index in [0.29, 0.717) is 12.3 Å². The predicted octanol–water partition coefficient (Wildman–Crippen LogP) is 4.40. The van der Waals surface area contributed by atoms with Crippen molar-refractivity contribution in [2.75, 3.05) is 11.5 Å². The van der Waals surface area contributed by atoms with Crippen molar-refractivity contribution in [1.29, 1.82) is 0 Å². The summed E-state index contributed by atoms with van der Waals surface area (Å²) >= 11 is 0. The van der Waals surface area contributed by atoms with Crippen LogP contribution in [0.1, 0.15) is 53.6 Å². The molecule has 5 rings (SSSR count). The number of aromatic amines is 1. The number of carbonyl (C=O) groups excluding carboxylic acids is 1. The number of nitrogens with zero attached hydrogens (tertiary/aromatic N) is 4. The van der Waals surface area contributed by atoms with Crippen molar-refractivity contribution in [3.05, 3.63) is 71.3 Å². The molecule has 1 unspecified atom stereocenters. The largest absolute Gasteiger partial charge is 0.494 e. The summed E-state index contributed by atoms with van der Waals surface area (Å²) in [6, 6.07) is 13.7. The van der Waals surface area contributed by atoms with E-state index in [1.807, 2.05) is 59.1 Å². The summed E-state index contributed by atoms with van der Waals surface area (Å²) in [6.45, 7) is 4.87. The summed E-state index contributed by atoms with van der Waals surface area (Å²) in [5, 5.41) is 4.58. The molecule has 158 valence electrons. The van der Waals surface area contributed by atoms with Gasteiger partial charge in [0.1, 0.15) is 5.75 Å². The van der Waals surface area contributed by atoms with Crippen LogP contribution in [-0.4, -0.2) is 32.3 Å². The molecule has 31 heavy (non-hydrogen) atoms. The Morgan fingerprint density at radius 3 is 2.68 bits per heavy atom. The number of hydrogen-bond donors (Lipinski definition) is 1. The third-order valence-electron chi connectivity index (χ3n) is 5.85. The molecule has 1 aliphatic heterocycles. The van der Waals surface area contributed by atoms with Crippen LogP contribution in [0.25, 0.3) is 11.0 Å². The zero-order valence-electron chi connectivity index (χ0n) is 17.9. The van der Waals surface area contributed by atoms with Gasteiger partial charge in [-0.15, -0.1) is 0 Å². The Balaban J connectivity index is 1.64. The number of nitrogens with one attached hydrogen (secondary N) is 1. The molecule has 0 spiro atoms. The van der Waals surface area contributed by atoms with Crippen LogP contribution >= 0.6 is 0 Å². The highest BCUT2D eigenvalue weighted by Crippen LogP contribution is 2.43. The molecular formula is C24H25N5O2. The van der Waals surface area contributed by atoms with Gasteiger partial charge in [0.05, 0.1) is 30.0 Å². The molecule has 0 saturated heterocycles. The van der Waals surface area contributed by atoms with Crippen LogP contribution in [0.4, 0.5) is 5.69 Å². The first-order chi connectivity index (χ1) is 15.1. The maximum Gasteiger partial charge on any atom is 0.280 e. The fourth-order valence-electron chi connectivity index (χ4n) is 4.42. The van der Waals surface area contributed by atoms with Crippen molar-refractivity contribution in [2.24, 2.45) is 7.05 Å². The molecule has 0 aliphatic carbocycles. The van der Waals surface area contributed by atoms with Gasteiger partial charge >= 0.3 is 0 Å². The molecule has 7 heteroatoms. The second-order valence-electron chi connectivity index (χ2n) is 7.79. The lowest BCUT2D eigenvalue weighted by Crippen LogP contribution is -2.30. The first-order valence-corrected chi connectivity index (χ1v) is 10.7. The van der Waals surface area contributed by atoms with Crippen molar-refractivity contribution in [3.63, 3.8) is 0 Å². The van der Waals surface area contributed by atoms with E-state index in [2.05, 4.69) is 28.9 Å². The lowest BCUT2D eigenvalue weighted by molar-refractivity contribution is 0.0988. The molecule has 3 heterocycles. The zero-order valence-corrected chi connectivity index (χ0v) is 17.9. The Morgan fingerprint density at radius 1 is 1.13 bits per heavy atom. The molecule has 0 radical (unpaired) electrons. The highest BCUT2D eigenvalue weighted by Gasteiger charge is 2.43. The molecule has 0 bridgehead atoms. The topological polar surface area (TPSA) is 76.0 Å². The van der Waals surface area contributed by atoms with Crippen molar-refractivity contribution in [3.8, 4) is 5.75 Å². The molecule has 1 aliphatic rings. The summed E-state index contributed by atoms with van der Waals surface area (Å²) in [4.78, 5) is 22.9. The van der Waals surface area contributed by atoms with E-state index in [1.165, 1.54) is 0 Å². The third kappa shape index (κ3) is 3.08. The first kappa shape index (κ1) is 19.4. The number of aryl methyl sites for hydroxylation is 1. The van der Waals surface area contributed by atoms with Crippen molar-refractivity contribution < 1.29 is 9.53 Å². The molecule has 4 aromatic rings. The lowest BCUT2D eigenvalue weighted by Gasteiger charge is -2.27. The van der Waals surface area contributed by atoms with Gasteiger partial charge in [-0.3, -0.25) is 14.4 Å². The Morgan fingerprint density at radius 2 is 1.94 bits per heavy atom. The first-order valence-electron chi connectivity index (χ1n) is 10.7. The summed E-state index contributed by atoms with van der Waals surface area (Å²) in [5.41, 5.74) is 6.19. The number of anilines is 1. The summed E-state index contributed by atoms with van der Waals surface area (Å²) in [7, 11) is 1.91. The molecule has 1 N–H and O–H groups in total. The number of ether oxygens (including phenoxy) is 1. The van der Waals surface area contributed by atoms with E-state index in [-0.39, 0.29) is 11.9 Å². The number of fused-ring (bicyclic) bond motifs is 2. The molecule has 7 nitrogen and oxygen atoms in total. The average Bonchev–Trinajstić information content (AvgIpc) is 3.45. The smallest absolute Gasteiger partial charge is 0.280 e. The number of H-pyrrole nitrogens is 1. The molecule has 2 aromatic carbocycles. The molecule has 2 aromatic heterocycles. The second kappa shape index (κ2) is 7.58. The van der Waals surface area contributed by atoms with Crippen LogP contribution in [0.5, 0.6) is 5.75 Å². The minimum absolute atomic E-state index is 0.0866. The summed E-state index contributed by atoms with van der Waals surface area (Å²) < 4.78 is 7.59. The zero-order chi connectivity index (χ0) is 21.5. The van der Waals surface area contributed by atoms with E-state index in [1.54, 1.807) is 6.33 Å². The van der Waals surface area contributed by atoms with Gasteiger partial charge in [-0.05, 0) is 48.7 Å². The molecule has 0 saturated carbocycles. The van der Waals surface area contributed by atoms with E-state index in [4.69, 9.17) is 4.74 Å². The number of carbonyl (C=O) groups is 1. The van der Waals surface area contributed by atoms with Gasteiger partial charge in [-0.25, -0.2) is 4.98 Å². The van der Waals surface area contributed by atoms with Crippen LogP contribution in [-0.2, 0) is 13.5 Å². The summed E-state index contributed by atoms with van der Waals surface area (Å²) in [6.07, 6.45) is 3.42. The van der Waals surface area contributed by atoms with Crippen LogP contribution < -0.4 is 9.64 Å². The van der Waals surface area contributed by atoms with Gasteiger partial charge < -0.3 is 9.72 Å². The fraction of sp³-hybridized carbons (Fsp3) is 0.292. The van der Waals surface area contributed by atoms with Gasteiger partial charge in [-0.1, -0.05) is 26.0 Å². The highest BCUT2D eigenvalue weighted by molar-refractivity contribution is 6.11. The van der Waals surface area contributed by atoms with E-state index < -0.39 is 0 Å². The fourth-order valence-corrected chi connectivity index (χ4v) is 4.42. The van der Waals surface area contributed by atoms with Gasteiger partial charge in [0.15, 0.2) is 5.69 Å². The Bertz CT molecular complexity index is 1250. The van der Waals surface area contributed by atoms with E-state index in [9.17, 15) is 4.79 Å². The second-order valence-corrected chi connectivity index (χ2v) is 7.79. The predicted molar refractivity (Wildman–Crippen MR) is 120 cm³/mol. The number of amides is 1. The van der Waals surface area contributed by atoms with Crippen molar-refractivity contribution in [1.82, 2.24) is 19.7 Å². The maximum atomic E-state index is 13.5. The Labute approximate surface area is 180 Å². The van der Waals surface area contributed by atoms with Crippen LogP contribution in [0, 0.1) is 0 Å². The van der Waals surface area contributed by atoms with Crippen molar-refractivity contribution >= 4 is 22.6 Å². The van der Waals surface area contributed by atoms with Crippen LogP contribution in [0.2, 0.25) is 0 Å². The average molecular weight is 415 g/mol. The molecule has 0 fully saturated rings. The normalized spacial score (nSPS) is 15.6. The monoisotopic (exact) mass is 415 g/mol. The SMILES string of the molecule is CCCOc1ccc(C2c3c(nn(C)c3CC)C(=O)N2c2ccc3[nH]cnc3c2)cc1. The van der Waals surface area contributed by atoms with E-state index in [0.717, 1.165) is 52.1 Å². The molecular weight excluding hydrogens is 390 g/mol. The number of rotatable bonds is 6. The van der Waals surface area contributed by atoms with Crippen molar-refractivity contribution in [2.45, 2.75) is 32.7 Å². The van der Waals surface area contributed by atoms with E-state index >= 15 is 0 Å². The summed E-state index contributed by atoms with van der Waals surface area (Å²) in [5.74, 6) is 0.748. The molecule has 1 amide bonds. The van der Waals surface area contributed by atoms with Gasteiger partial charge in [0.25, 0.3) is 5.91 Å². The third-order valence-corrected chi connectivity index (χ3v) is 5.85. The van der Waals surface area contributed by atoms with Gasteiger partial charge in [-0.2, -0.15) is 5.10 Å². The minimum Gasteiger partial charge on any atom is -0.494 e. The van der Waals surface area contributed by atoms with Gasteiger partial charge in [0, 0.05) is 24.0 Å². The lowest BCUT2D eigenvalue weighted by atomic mass is 9.97. The quantitative estimate of drug-likeness (QED) is 0.506. The Kier molecular flexibility index (Phi) is 4.73. The maximum absolute atomic E-state index is 13.5. The number of hydrogen-bond acceptors (Lipinski definition) is 4. The molecule has 1 atom stereocenters. The van der Waals surface area contributed by atoms with Crippen LogP contribution in [0.3, 0.4) is 0 Å². The van der Waals surface area contributed by atoms with Gasteiger partial charge in [0.2, 0.25) is 0 Å². The van der Waals surface area contributed by atoms with Crippen LogP contribution in [0.15, 0.2) is 48.8 Å². The number of aromatic nitrogens is 4. The Hall–Kier alpha value is -3.61. The minimum atomic E-state index is -0.247. The highest BCUT2D eigenvalue weighted by atomic mass is 16.5. The number of benzene rings is 2.